The lowest BCUT2D eigenvalue weighted by molar-refractivity contribution is 0.130. The van der Waals surface area contributed by atoms with Crippen LogP contribution in [-0.4, -0.2) is 20.5 Å². The molecule has 4 rings (SSSR count). The van der Waals surface area contributed by atoms with E-state index in [-0.39, 0.29) is 6.61 Å². The first kappa shape index (κ1) is 22.1. The number of rotatable bonds is 8. The van der Waals surface area contributed by atoms with E-state index >= 15 is 0 Å². The van der Waals surface area contributed by atoms with E-state index in [0.29, 0.717) is 38.8 Å². The highest BCUT2D eigenvalue weighted by Gasteiger charge is 2.09. The second-order valence-electron chi connectivity index (χ2n) is 6.72. The van der Waals surface area contributed by atoms with Gasteiger partial charge in [-0.1, -0.05) is 46.0 Å². The number of ether oxygens (including phenoxy) is 1. The zero-order valence-corrected chi connectivity index (χ0v) is 18.9. The highest BCUT2D eigenvalue weighted by Crippen LogP contribution is 2.24. The smallest absolute Gasteiger partial charge is 0.143 e. The molecule has 0 N–H and O–H groups in total. The van der Waals surface area contributed by atoms with Crippen LogP contribution >= 0.6 is 34.8 Å². The van der Waals surface area contributed by atoms with Crippen molar-refractivity contribution in [3.8, 4) is 11.5 Å². The van der Waals surface area contributed by atoms with Gasteiger partial charge >= 0.3 is 0 Å². The zero-order valence-electron chi connectivity index (χ0n) is 16.7. The molecule has 1 aromatic heterocycles. The van der Waals surface area contributed by atoms with E-state index in [1.54, 1.807) is 41.3 Å². The number of halogens is 3. The fraction of sp³-hybridized carbons (Fsp3) is 0.0870. The van der Waals surface area contributed by atoms with E-state index < -0.39 is 0 Å². The van der Waals surface area contributed by atoms with Gasteiger partial charge in [0.1, 0.15) is 36.5 Å². The monoisotopic (exact) mass is 486 g/mol. The summed E-state index contributed by atoms with van der Waals surface area (Å²) >= 11 is 18.1. The molecule has 6 nitrogen and oxygen atoms in total. The van der Waals surface area contributed by atoms with Crippen LogP contribution in [0.1, 0.15) is 11.1 Å². The Morgan fingerprint density at radius 3 is 2.22 bits per heavy atom. The van der Waals surface area contributed by atoms with Gasteiger partial charge in [-0.25, -0.2) is 9.67 Å². The molecule has 32 heavy (non-hydrogen) atoms. The van der Waals surface area contributed by atoms with Crippen molar-refractivity contribution in [2.75, 3.05) is 0 Å². The summed E-state index contributed by atoms with van der Waals surface area (Å²) in [4.78, 5) is 9.58. The number of benzene rings is 3. The SMILES string of the molecule is Clc1ccc(Oc2ccc(C(Cn3cncn3)=NOCc3ccc(Cl)cc3Cl)cc2)cc1. The van der Waals surface area contributed by atoms with Gasteiger partial charge in [-0.2, -0.15) is 5.10 Å². The standard InChI is InChI=1S/C23H17Cl3N4O2/c24-18-5-9-21(10-6-18)32-20-7-2-16(3-8-20)23(12-30-15-27-14-28-30)29-31-13-17-1-4-19(25)11-22(17)26/h1-11,14-15H,12-13H2. The maximum Gasteiger partial charge on any atom is 0.143 e. The summed E-state index contributed by atoms with van der Waals surface area (Å²) in [7, 11) is 0. The molecule has 0 unspecified atom stereocenters. The van der Waals surface area contributed by atoms with Crippen LogP contribution in [0, 0.1) is 0 Å². The summed E-state index contributed by atoms with van der Waals surface area (Å²) in [6.07, 6.45) is 3.08. The first-order valence-corrected chi connectivity index (χ1v) is 10.7. The molecule has 1 heterocycles. The Morgan fingerprint density at radius 1 is 0.875 bits per heavy atom. The third-order valence-corrected chi connectivity index (χ3v) is 5.26. The first-order chi connectivity index (χ1) is 15.6. The van der Waals surface area contributed by atoms with Crippen LogP contribution in [0.4, 0.5) is 0 Å². The summed E-state index contributed by atoms with van der Waals surface area (Å²) in [5.74, 6) is 1.38. The Labute approximate surface area is 200 Å². The van der Waals surface area contributed by atoms with Crippen LogP contribution in [0.2, 0.25) is 15.1 Å². The maximum absolute atomic E-state index is 6.21. The Balaban J connectivity index is 1.50. The Kier molecular flexibility index (Phi) is 7.27. The van der Waals surface area contributed by atoms with Gasteiger partial charge in [-0.05, 0) is 60.7 Å². The minimum absolute atomic E-state index is 0.203. The Morgan fingerprint density at radius 2 is 1.56 bits per heavy atom. The predicted molar refractivity (Wildman–Crippen MR) is 126 cm³/mol. The molecule has 0 saturated carbocycles. The van der Waals surface area contributed by atoms with Gasteiger partial charge in [-0.15, -0.1) is 0 Å². The van der Waals surface area contributed by atoms with Gasteiger partial charge < -0.3 is 9.57 Å². The summed E-state index contributed by atoms with van der Waals surface area (Å²) < 4.78 is 7.52. The lowest BCUT2D eigenvalue weighted by atomic mass is 10.1. The fourth-order valence-corrected chi connectivity index (χ4v) is 3.40. The van der Waals surface area contributed by atoms with Crippen molar-refractivity contribution in [3.05, 3.63) is 106 Å². The van der Waals surface area contributed by atoms with Gasteiger partial charge in [-0.3, -0.25) is 0 Å². The topological polar surface area (TPSA) is 61.5 Å². The lowest BCUT2D eigenvalue weighted by Crippen LogP contribution is -2.13. The number of hydrogen-bond acceptors (Lipinski definition) is 5. The fourth-order valence-electron chi connectivity index (χ4n) is 2.81. The van der Waals surface area contributed by atoms with Crippen LogP contribution in [0.25, 0.3) is 0 Å². The van der Waals surface area contributed by atoms with Crippen molar-refractivity contribution in [1.82, 2.24) is 14.8 Å². The third-order valence-electron chi connectivity index (χ3n) is 4.43. The van der Waals surface area contributed by atoms with Crippen molar-refractivity contribution in [3.63, 3.8) is 0 Å². The molecule has 0 spiro atoms. The molecule has 0 radical (unpaired) electrons. The average Bonchev–Trinajstić information content (AvgIpc) is 3.30. The lowest BCUT2D eigenvalue weighted by Gasteiger charge is -2.10. The quantitative estimate of drug-likeness (QED) is 0.206. The largest absolute Gasteiger partial charge is 0.457 e. The van der Waals surface area contributed by atoms with Gasteiger partial charge in [0.05, 0.1) is 6.54 Å². The number of aromatic nitrogens is 3. The molecule has 3 aromatic carbocycles. The van der Waals surface area contributed by atoms with Gasteiger partial charge in [0.2, 0.25) is 0 Å². The third kappa shape index (κ3) is 6.01. The van der Waals surface area contributed by atoms with Gasteiger partial charge in [0.15, 0.2) is 0 Å². The summed E-state index contributed by atoms with van der Waals surface area (Å²) in [6, 6.07) is 19.9. The van der Waals surface area contributed by atoms with Crippen molar-refractivity contribution in [2.24, 2.45) is 5.16 Å². The number of hydrogen-bond donors (Lipinski definition) is 0. The number of nitrogens with zero attached hydrogens (tertiary/aromatic N) is 4. The van der Waals surface area contributed by atoms with Crippen LogP contribution in [-0.2, 0) is 18.0 Å². The van der Waals surface area contributed by atoms with Crippen LogP contribution in [0.3, 0.4) is 0 Å². The second-order valence-corrected chi connectivity index (χ2v) is 8.00. The molecular formula is C23H17Cl3N4O2. The van der Waals surface area contributed by atoms with Crippen molar-refractivity contribution < 1.29 is 9.57 Å². The van der Waals surface area contributed by atoms with E-state index in [9.17, 15) is 0 Å². The highest BCUT2D eigenvalue weighted by atomic mass is 35.5. The van der Waals surface area contributed by atoms with Crippen LogP contribution < -0.4 is 4.74 Å². The van der Waals surface area contributed by atoms with Gasteiger partial charge in [0.25, 0.3) is 0 Å². The normalized spacial score (nSPS) is 11.4. The summed E-state index contributed by atoms with van der Waals surface area (Å²) in [5.41, 5.74) is 2.30. The van der Waals surface area contributed by atoms with Gasteiger partial charge in [0, 0.05) is 26.2 Å². The molecule has 0 atom stereocenters. The molecule has 0 amide bonds. The summed E-state index contributed by atoms with van der Waals surface area (Å²) in [5, 5.41) is 10.2. The van der Waals surface area contributed by atoms with E-state index in [1.807, 2.05) is 36.4 Å². The average molecular weight is 488 g/mol. The molecule has 4 aromatic rings. The molecule has 162 valence electrons. The molecule has 0 bridgehead atoms. The van der Waals surface area contributed by atoms with E-state index in [4.69, 9.17) is 44.4 Å². The van der Waals surface area contributed by atoms with Crippen LogP contribution in [0.5, 0.6) is 11.5 Å². The van der Waals surface area contributed by atoms with Crippen LogP contribution in [0.15, 0.2) is 84.5 Å². The van der Waals surface area contributed by atoms with E-state index in [2.05, 4.69) is 15.2 Å². The Hall–Kier alpha value is -3.06. The number of oxime groups is 1. The molecular weight excluding hydrogens is 471 g/mol. The zero-order chi connectivity index (χ0) is 22.3. The minimum Gasteiger partial charge on any atom is -0.457 e. The second kappa shape index (κ2) is 10.5. The molecule has 0 fully saturated rings. The molecule has 0 saturated heterocycles. The first-order valence-electron chi connectivity index (χ1n) is 9.56. The Bertz CT molecular complexity index is 1200. The summed E-state index contributed by atoms with van der Waals surface area (Å²) in [6.45, 7) is 0.584. The molecule has 0 aliphatic heterocycles. The molecule has 0 aliphatic carbocycles. The van der Waals surface area contributed by atoms with Crippen molar-refractivity contribution in [2.45, 2.75) is 13.2 Å². The van der Waals surface area contributed by atoms with Crippen molar-refractivity contribution >= 4 is 40.5 Å². The van der Waals surface area contributed by atoms with Crippen molar-refractivity contribution in [1.29, 1.82) is 0 Å². The maximum atomic E-state index is 6.21. The molecule has 0 aliphatic rings. The van der Waals surface area contributed by atoms with E-state index in [0.717, 1.165) is 11.1 Å². The van der Waals surface area contributed by atoms with E-state index in [1.165, 1.54) is 6.33 Å². The highest BCUT2D eigenvalue weighted by molar-refractivity contribution is 6.35. The minimum atomic E-state index is 0.203. The molecule has 9 heteroatoms. The predicted octanol–water partition coefficient (Wildman–Crippen LogP) is 6.65.